The highest BCUT2D eigenvalue weighted by Crippen LogP contribution is 2.10. The van der Waals surface area contributed by atoms with Gasteiger partial charge in [0.2, 0.25) is 11.8 Å². The van der Waals surface area contributed by atoms with Crippen molar-refractivity contribution in [2.45, 2.75) is 46.1 Å². The minimum Gasteiger partial charge on any atom is -0.357 e. The van der Waals surface area contributed by atoms with Crippen molar-refractivity contribution in [2.75, 3.05) is 31.5 Å². The van der Waals surface area contributed by atoms with Crippen LogP contribution in [0, 0.1) is 6.92 Å². The molecule has 0 aromatic carbocycles. The molecular weight excluding hydrogens is 344 g/mol. The first kappa shape index (κ1) is 20.7. The minimum absolute atomic E-state index is 0.119. The lowest BCUT2D eigenvalue weighted by Crippen LogP contribution is -2.45. The summed E-state index contributed by atoms with van der Waals surface area (Å²) in [5.74, 6) is 1.29. The third-order valence-electron chi connectivity index (χ3n) is 4.32. The number of pyridine rings is 1. The summed E-state index contributed by atoms with van der Waals surface area (Å²) in [5, 5.41) is 9.31. The third kappa shape index (κ3) is 6.88. The van der Waals surface area contributed by atoms with E-state index in [9.17, 15) is 9.59 Å². The van der Waals surface area contributed by atoms with Crippen molar-refractivity contribution in [3.63, 3.8) is 0 Å². The molecule has 3 N–H and O–H groups in total. The third-order valence-corrected chi connectivity index (χ3v) is 4.32. The molecule has 2 amide bonds. The summed E-state index contributed by atoms with van der Waals surface area (Å²) in [6, 6.07) is 3.87. The highest BCUT2D eigenvalue weighted by Gasteiger charge is 2.25. The molecule has 27 heavy (non-hydrogen) atoms. The predicted octanol–water partition coefficient (Wildman–Crippen LogP) is 1.28. The normalized spacial score (nSPS) is 16.9. The number of likely N-dealkylation sites (tertiary alicyclic amines) is 1. The van der Waals surface area contributed by atoms with Crippen LogP contribution in [0.2, 0.25) is 0 Å². The molecule has 8 nitrogen and oxygen atoms in total. The molecule has 2 heterocycles. The average Bonchev–Trinajstić information content (AvgIpc) is 3.11. The Morgan fingerprint density at radius 2 is 2.15 bits per heavy atom. The lowest BCUT2D eigenvalue weighted by molar-refractivity contribution is -0.129. The molecule has 2 rings (SSSR count). The van der Waals surface area contributed by atoms with Gasteiger partial charge in [-0.05, 0) is 31.9 Å². The molecule has 1 unspecified atom stereocenters. The number of carbonyl (C=O) groups excluding carboxylic acids is 2. The molecule has 1 aliphatic heterocycles. The number of hydrogen-bond donors (Lipinski definition) is 3. The number of nitrogens with zero attached hydrogens (tertiary/aromatic N) is 3. The quantitative estimate of drug-likeness (QED) is 0.493. The molecule has 8 heteroatoms. The number of aliphatic imine (C=N–C) groups is 1. The van der Waals surface area contributed by atoms with Crippen LogP contribution < -0.4 is 16.0 Å². The van der Waals surface area contributed by atoms with Crippen molar-refractivity contribution in [1.82, 2.24) is 20.5 Å². The van der Waals surface area contributed by atoms with Gasteiger partial charge < -0.3 is 20.9 Å². The zero-order valence-electron chi connectivity index (χ0n) is 16.4. The SMILES string of the molecule is CCNC(=NCCC(=O)Nc1ccc(C)cn1)NC1CCN(C(=O)CC)C1. The second kappa shape index (κ2) is 10.5. The molecule has 1 aromatic heterocycles. The van der Waals surface area contributed by atoms with Crippen LogP contribution in [0.4, 0.5) is 5.82 Å². The predicted molar refractivity (Wildman–Crippen MR) is 107 cm³/mol. The Kier molecular flexibility index (Phi) is 8.03. The summed E-state index contributed by atoms with van der Waals surface area (Å²) in [6.45, 7) is 8.39. The number of amides is 2. The molecule has 0 bridgehead atoms. The van der Waals surface area contributed by atoms with Gasteiger partial charge in [-0.3, -0.25) is 14.6 Å². The average molecular weight is 374 g/mol. The zero-order valence-corrected chi connectivity index (χ0v) is 16.4. The molecule has 1 atom stereocenters. The fraction of sp³-hybridized carbons (Fsp3) is 0.579. The maximum absolute atomic E-state index is 12.0. The summed E-state index contributed by atoms with van der Waals surface area (Å²) in [7, 11) is 0. The van der Waals surface area contributed by atoms with Gasteiger partial charge >= 0.3 is 0 Å². The van der Waals surface area contributed by atoms with Crippen LogP contribution in [0.15, 0.2) is 23.3 Å². The molecule has 1 saturated heterocycles. The van der Waals surface area contributed by atoms with E-state index in [0.717, 1.165) is 25.1 Å². The van der Waals surface area contributed by atoms with Crippen molar-refractivity contribution in [1.29, 1.82) is 0 Å². The minimum atomic E-state index is -0.119. The lowest BCUT2D eigenvalue weighted by atomic mass is 10.3. The van der Waals surface area contributed by atoms with E-state index in [2.05, 4.69) is 25.9 Å². The van der Waals surface area contributed by atoms with E-state index in [0.29, 0.717) is 31.3 Å². The second-order valence-electron chi connectivity index (χ2n) is 6.60. The molecular formula is C19H30N6O2. The molecule has 1 fully saturated rings. The smallest absolute Gasteiger partial charge is 0.227 e. The van der Waals surface area contributed by atoms with Gasteiger partial charge in [0.05, 0.1) is 6.54 Å². The fourth-order valence-electron chi connectivity index (χ4n) is 2.86. The zero-order chi connectivity index (χ0) is 19.6. The van der Waals surface area contributed by atoms with Crippen LogP contribution in [-0.2, 0) is 9.59 Å². The van der Waals surface area contributed by atoms with E-state index in [1.807, 2.05) is 31.7 Å². The number of nitrogens with one attached hydrogen (secondary N) is 3. The Hall–Kier alpha value is -2.64. The summed E-state index contributed by atoms with van der Waals surface area (Å²) in [4.78, 5) is 34.3. The molecule has 0 saturated carbocycles. The molecule has 0 radical (unpaired) electrons. The number of rotatable bonds is 7. The van der Waals surface area contributed by atoms with Gasteiger partial charge in [0.1, 0.15) is 5.82 Å². The fourth-order valence-corrected chi connectivity index (χ4v) is 2.86. The first-order chi connectivity index (χ1) is 13.0. The highest BCUT2D eigenvalue weighted by atomic mass is 16.2. The van der Waals surface area contributed by atoms with Gasteiger partial charge in [-0.2, -0.15) is 0 Å². The Bertz CT molecular complexity index is 659. The van der Waals surface area contributed by atoms with Crippen molar-refractivity contribution >= 4 is 23.6 Å². The Labute approximate surface area is 160 Å². The van der Waals surface area contributed by atoms with E-state index < -0.39 is 0 Å². The van der Waals surface area contributed by atoms with Gasteiger partial charge in [-0.15, -0.1) is 0 Å². The number of hydrogen-bond acceptors (Lipinski definition) is 4. The number of aryl methyl sites for hydroxylation is 1. The molecule has 1 aliphatic rings. The second-order valence-corrected chi connectivity index (χ2v) is 6.60. The van der Waals surface area contributed by atoms with Gasteiger partial charge in [-0.1, -0.05) is 13.0 Å². The monoisotopic (exact) mass is 374 g/mol. The van der Waals surface area contributed by atoms with Crippen LogP contribution in [0.25, 0.3) is 0 Å². The highest BCUT2D eigenvalue weighted by molar-refractivity contribution is 5.90. The topological polar surface area (TPSA) is 98.7 Å². The summed E-state index contributed by atoms with van der Waals surface area (Å²) in [6.07, 6.45) is 3.42. The number of carbonyl (C=O) groups is 2. The van der Waals surface area contributed by atoms with Crippen molar-refractivity contribution in [3.8, 4) is 0 Å². The Morgan fingerprint density at radius 3 is 2.81 bits per heavy atom. The summed E-state index contributed by atoms with van der Waals surface area (Å²) < 4.78 is 0. The molecule has 0 aliphatic carbocycles. The largest absolute Gasteiger partial charge is 0.357 e. The summed E-state index contributed by atoms with van der Waals surface area (Å²) >= 11 is 0. The van der Waals surface area contributed by atoms with Gasteiger partial charge in [0.25, 0.3) is 0 Å². The number of guanidine groups is 1. The van der Waals surface area contributed by atoms with Gasteiger partial charge in [-0.25, -0.2) is 4.98 Å². The molecule has 1 aromatic rings. The molecule has 0 spiro atoms. The van der Waals surface area contributed by atoms with E-state index in [1.54, 1.807) is 12.3 Å². The Morgan fingerprint density at radius 1 is 1.33 bits per heavy atom. The lowest BCUT2D eigenvalue weighted by Gasteiger charge is -2.18. The number of aromatic nitrogens is 1. The maximum Gasteiger partial charge on any atom is 0.227 e. The van der Waals surface area contributed by atoms with Crippen molar-refractivity contribution in [2.24, 2.45) is 4.99 Å². The van der Waals surface area contributed by atoms with Crippen LogP contribution >= 0.6 is 0 Å². The van der Waals surface area contributed by atoms with E-state index in [4.69, 9.17) is 0 Å². The summed E-state index contributed by atoms with van der Waals surface area (Å²) in [5.41, 5.74) is 1.05. The standard InChI is InChI=1S/C19H30N6O2/c1-4-18(27)25-11-9-15(13-25)23-19(20-5-2)21-10-8-17(26)24-16-7-6-14(3)12-22-16/h6-7,12,15H,4-5,8-11,13H2,1-3H3,(H2,20,21,23)(H,22,24,26). The maximum atomic E-state index is 12.0. The van der Waals surface area contributed by atoms with E-state index in [-0.39, 0.29) is 24.3 Å². The van der Waals surface area contributed by atoms with E-state index in [1.165, 1.54) is 0 Å². The van der Waals surface area contributed by atoms with Crippen molar-refractivity contribution in [3.05, 3.63) is 23.9 Å². The van der Waals surface area contributed by atoms with Crippen LogP contribution in [0.1, 0.15) is 38.7 Å². The van der Waals surface area contributed by atoms with E-state index >= 15 is 0 Å². The first-order valence-corrected chi connectivity index (χ1v) is 9.57. The van der Waals surface area contributed by atoms with Crippen molar-refractivity contribution < 1.29 is 9.59 Å². The number of anilines is 1. The van der Waals surface area contributed by atoms with Crippen LogP contribution in [-0.4, -0.2) is 59.9 Å². The molecule has 148 valence electrons. The van der Waals surface area contributed by atoms with Crippen LogP contribution in [0.3, 0.4) is 0 Å². The van der Waals surface area contributed by atoms with Crippen LogP contribution in [0.5, 0.6) is 0 Å². The van der Waals surface area contributed by atoms with Gasteiger partial charge in [0.15, 0.2) is 5.96 Å². The van der Waals surface area contributed by atoms with Gasteiger partial charge in [0, 0.05) is 44.7 Å². The Balaban J connectivity index is 1.80. The first-order valence-electron chi connectivity index (χ1n) is 9.57.